The molecule has 0 atom stereocenters. The van der Waals surface area contributed by atoms with E-state index in [2.05, 4.69) is 38.8 Å². The van der Waals surface area contributed by atoms with Gasteiger partial charge in [-0.3, -0.25) is 14.3 Å². The highest BCUT2D eigenvalue weighted by Gasteiger charge is 2.36. The fourth-order valence-electron chi connectivity index (χ4n) is 1.31. The number of rotatable bonds is 4. The lowest BCUT2D eigenvalue weighted by Crippen LogP contribution is -2.42. The lowest BCUT2D eigenvalue weighted by molar-refractivity contribution is 0.269. The second-order valence-electron chi connectivity index (χ2n) is 6.02. The second kappa shape index (κ2) is 5.64. The zero-order valence-corrected chi connectivity index (χ0v) is 13.8. The molecule has 1 heterocycles. The highest BCUT2D eigenvalue weighted by atomic mass is 35.5. The molecule has 1 rings (SSSR count). The van der Waals surface area contributed by atoms with Crippen molar-refractivity contribution in [2.45, 2.75) is 45.4 Å². The second-order valence-corrected chi connectivity index (χ2v) is 11.2. The van der Waals surface area contributed by atoms with Gasteiger partial charge in [0.25, 0.3) is 5.56 Å². The van der Waals surface area contributed by atoms with Gasteiger partial charge in [-0.25, -0.2) is 4.79 Å². The summed E-state index contributed by atoms with van der Waals surface area (Å²) in [6.07, 6.45) is 0. The number of hydrogen-bond donors (Lipinski definition) is 1. The Hall–Kier alpha value is -0.853. The zero-order valence-electron chi connectivity index (χ0n) is 12.0. The molecule has 0 spiro atoms. The van der Waals surface area contributed by atoms with Crippen molar-refractivity contribution in [1.29, 1.82) is 0 Å². The van der Waals surface area contributed by atoms with E-state index in [1.54, 1.807) is 0 Å². The maximum atomic E-state index is 11.6. The molecule has 0 aliphatic carbocycles. The molecule has 0 saturated heterocycles. The zero-order chi connectivity index (χ0) is 14.8. The standard InChI is InChI=1S/C12H21ClN2O3Si/c1-12(2,3)19(4,5)18-7-6-15-9(13)8-10(16)14-11(15)17/h8H,6-7H2,1-5H3,(H,14,16,17). The van der Waals surface area contributed by atoms with Crippen molar-refractivity contribution in [2.75, 3.05) is 6.61 Å². The Balaban J connectivity index is 2.75. The van der Waals surface area contributed by atoms with Crippen LogP contribution in [-0.2, 0) is 11.0 Å². The molecule has 0 radical (unpaired) electrons. The van der Waals surface area contributed by atoms with Crippen molar-refractivity contribution in [1.82, 2.24) is 9.55 Å². The van der Waals surface area contributed by atoms with Crippen LogP contribution >= 0.6 is 11.6 Å². The summed E-state index contributed by atoms with van der Waals surface area (Å²) in [5.74, 6) is 0. The molecular formula is C12H21ClN2O3Si. The van der Waals surface area contributed by atoms with Crippen molar-refractivity contribution in [2.24, 2.45) is 0 Å². The fraction of sp³-hybridized carbons (Fsp3) is 0.667. The highest BCUT2D eigenvalue weighted by molar-refractivity contribution is 6.74. The summed E-state index contributed by atoms with van der Waals surface area (Å²) in [7, 11) is -1.83. The van der Waals surface area contributed by atoms with E-state index in [1.165, 1.54) is 10.6 Å². The Morgan fingerprint density at radius 3 is 2.42 bits per heavy atom. The summed E-state index contributed by atoms with van der Waals surface area (Å²) in [5, 5.41) is 0.250. The number of halogens is 1. The SMILES string of the molecule is CC(C)(C)[Si](C)(C)OCCn1c(Cl)cc(=O)[nH]c1=O. The van der Waals surface area contributed by atoms with Gasteiger partial charge < -0.3 is 4.43 Å². The normalized spacial score (nSPS) is 12.7. The fourth-order valence-corrected chi connectivity index (χ4v) is 2.60. The van der Waals surface area contributed by atoms with Gasteiger partial charge in [0.05, 0.1) is 13.2 Å². The number of aromatic amines is 1. The molecular weight excluding hydrogens is 284 g/mol. The third-order valence-electron chi connectivity index (χ3n) is 3.57. The molecule has 0 unspecified atom stereocenters. The molecule has 1 aromatic heterocycles. The molecule has 7 heteroatoms. The van der Waals surface area contributed by atoms with E-state index in [0.717, 1.165) is 0 Å². The first-order chi connectivity index (χ1) is 8.54. The van der Waals surface area contributed by atoms with E-state index in [-0.39, 0.29) is 10.2 Å². The summed E-state index contributed by atoms with van der Waals surface area (Å²) >= 11 is 5.87. The quantitative estimate of drug-likeness (QED) is 0.685. The molecule has 0 saturated carbocycles. The van der Waals surface area contributed by atoms with Gasteiger partial charge in [-0.1, -0.05) is 32.4 Å². The highest BCUT2D eigenvalue weighted by Crippen LogP contribution is 2.36. The minimum Gasteiger partial charge on any atom is -0.415 e. The van der Waals surface area contributed by atoms with E-state index >= 15 is 0 Å². The number of nitrogens with one attached hydrogen (secondary N) is 1. The molecule has 5 nitrogen and oxygen atoms in total. The van der Waals surface area contributed by atoms with E-state index < -0.39 is 19.6 Å². The van der Waals surface area contributed by atoms with Crippen molar-refractivity contribution < 1.29 is 4.43 Å². The molecule has 1 aromatic rings. The van der Waals surface area contributed by atoms with Crippen LogP contribution in [0.1, 0.15) is 20.8 Å². The summed E-state index contributed by atoms with van der Waals surface area (Å²) in [4.78, 5) is 24.8. The van der Waals surface area contributed by atoms with Gasteiger partial charge in [-0.15, -0.1) is 0 Å². The Morgan fingerprint density at radius 1 is 1.37 bits per heavy atom. The van der Waals surface area contributed by atoms with Crippen LogP contribution < -0.4 is 11.2 Å². The molecule has 1 N–H and O–H groups in total. The predicted molar refractivity (Wildman–Crippen MR) is 79.5 cm³/mol. The van der Waals surface area contributed by atoms with Crippen LogP contribution in [0.15, 0.2) is 15.7 Å². The van der Waals surface area contributed by atoms with E-state index in [0.29, 0.717) is 13.2 Å². The minimum atomic E-state index is -1.83. The van der Waals surface area contributed by atoms with Crippen molar-refractivity contribution >= 4 is 19.9 Å². The first kappa shape index (κ1) is 16.2. The van der Waals surface area contributed by atoms with Crippen molar-refractivity contribution in [3.05, 3.63) is 32.1 Å². The van der Waals surface area contributed by atoms with Crippen LogP contribution in [0.4, 0.5) is 0 Å². The van der Waals surface area contributed by atoms with Crippen LogP contribution in [0.3, 0.4) is 0 Å². The molecule has 0 aliphatic heterocycles. The van der Waals surface area contributed by atoms with Crippen LogP contribution in [0.5, 0.6) is 0 Å². The van der Waals surface area contributed by atoms with Crippen LogP contribution in [0.25, 0.3) is 0 Å². The summed E-state index contributed by atoms with van der Waals surface area (Å²) in [6, 6.07) is 1.19. The summed E-state index contributed by atoms with van der Waals surface area (Å²) in [5.41, 5.74) is -0.993. The molecule has 0 aromatic carbocycles. The third-order valence-corrected chi connectivity index (χ3v) is 8.42. The smallest absolute Gasteiger partial charge is 0.329 e. The molecule has 0 fully saturated rings. The Labute approximate surface area is 118 Å². The van der Waals surface area contributed by atoms with Gasteiger partial charge in [0, 0.05) is 6.07 Å². The van der Waals surface area contributed by atoms with Gasteiger partial charge in [-0.2, -0.15) is 0 Å². The van der Waals surface area contributed by atoms with E-state index in [4.69, 9.17) is 16.0 Å². The maximum absolute atomic E-state index is 11.6. The molecule has 0 aliphatic rings. The van der Waals surface area contributed by atoms with Gasteiger partial charge in [0.15, 0.2) is 8.32 Å². The van der Waals surface area contributed by atoms with Gasteiger partial charge >= 0.3 is 5.69 Å². The topological polar surface area (TPSA) is 64.1 Å². The van der Waals surface area contributed by atoms with Crippen LogP contribution in [0, 0.1) is 0 Å². The first-order valence-electron chi connectivity index (χ1n) is 6.18. The van der Waals surface area contributed by atoms with Gasteiger partial charge in [0.1, 0.15) is 5.15 Å². The Morgan fingerprint density at radius 2 is 1.95 bits per heavy atom. The van der Waals surface area contributed by atoms with E-state index in [1.807, 2.05) is 0 Å². The van der Waals surface area contributed by atoms with Crippen LogP contribution in [-0.4, -0.2) is 24.5 Å². The monoisotopic (exact) mass is 304 g/mol. The summed E-state index contributed by atoms with van der Waals surface area (Å²) < 4.78 is 7.27. The number of aromatic nitrogens is 2. The van der Waals surface area contributed by atoms with Crippen molar-refractivity contribution in [3.63, 3.8) is 0 Å². The lowest BCUT2D eigenvalue weighted by atomic mass is 10.2. The average molecular weight is 305 g/mol. The number of nitrogens with zero attached hydrogens (tertiary/aromatic N) is 1. The number of H-pyrrole nitrogens is 1. The van der Waals surface area contributed by atoms with Gasteiger partial charge in [-0.05, 0) is 18.1 Å². The predicted octanol–water partition coefficient (Wildman–Crippen LogP) is 2.21. The Bertz CT molecular complexity index is 557. The maximum Gasteiger partial charge on any atom is 0.329 e. The molecule has 108 valence electrons. The lowest BCUT2D eigenvalue weighted by Gasteiger charge is -2.36. The van der Waals surface area contributed by atoms with Crippen LogP contribution in [0.2, 0.25) is 23.3 Å². The van der Waals surface area contributed by atoms with Gasteiger partial charge in [0.2, 0.25) is 0 Å². The molecule has 0 bridgehead atoms. The van der Waals surface area contributed by atoms with Crippen molar-refractivity contribution in [3.8, 4) is 0 Å². The summed E-state index contributed by atoms with van der Waals surface area (Å²) in [6.45, 7) is 11.5. The molecule has 0 amide bonds. The Kier molecular flexibility index (Phi) is 4.81. The molecule has 19 heavy (non-hydrogen) atoms. The third kappa shape index (κ3) is 4.06. The average Bonchev–Trinajstić information content (AvgIpc) is 2.20. The number of hydrogen-bond acceptors (Lipinski definition) is 3. The first-order valence-corrected chi connectivity index (χ1v) is 9.47. The minimum absolute atomic E-state index is 0.118. The van der Waals surface area contributed by atoms with E-state index in [9.17, 15) is 9.59 Å². The largest absolute Gasteiger partial charge is 0.415 e.